The lowest BCUT2D eigenvalue weighted by Crippen LogP contribution is -2.45. The quantitative estimate of drug-likeness (QED) is 0.644. The van der Waals surface area contributed by atoms with Gasteiger partial charge in [0.05, 0.1) is 17.5 Å². The van der Waals surface area contributed by atoms with Crippen molar-refractivity contribution >= 4 is 28.3 Å². The van der Waals surface area contributed by atoms with Crippen molar-refractivity contribution in [2.45, 2.75) is 25.3 Å². The van der Waals surface area contributed by atoms with Crippen LogP contribution in [0.1, 0.15) is 19.3 Å². The molecule has 1 aliphatic heterocycles. The highest BCUT2D eigenvalue weighted by Crippen LogP contribution is 2.34. The van der Waals surface area contributed by atoms with Gasteiger partial charge in [0.1, 0.15) is 12.1 Å². The number of H-pyrrole nitrogens is 1. The zero-order valence-corrected chi connectivity index (χ0v) is 15.4. The van der Waals surface area contributed by atoms with Crippen molar-refractivity contribution in [1.82, 2.24) is 19.9 Å². The number of pyridine rings is 2. The highest BCUT2D eigenvalue weighted by molar-refractivity contribution is 5.98. The number of amides is 1. The number of aromatic amines is 1. The molecule has 0 unspecified atom stereocenters. The zero-order valence-electron chi connectivity index (χ0n) is 15.4. The number of fused-ring (bicyclic) bond motifs is 1. The average molecular weight is 375 g/mol. The molecule has 0 bridgehead atoms. The summed E-state index contributed by atoms with van der Waals surface area (Å²) in [6.07, 6.45) is 7.06. The molecule has 1 saturated heterocycles. The van der Waals surface area contributed by atoms with Gasteiger partial charge < -0.3 is 20.9 Å². The van der Waals surface area contributed by atoms with E-state index in [4.69, 9.17) is 11.0 Å². The van der Waals surface area contributed by atoms with Gasteiger partial charge >= 0.3 is 0 Å². The van der Waals surface area contributed by atoms with Crippen LogP contribution in [0.25, 0.3) is 22.3 Å². The lowest BCUT2D eigenvalue weighted by Gasteiger charge is -2.34. The van der Waals surface area contributed by atoms with Crippen LogP contribution in [-0.2, 0) is 4.79 Å². The summed E-state index contributed by atoms with van der Waals surface area (Å²) in [5.41, 5.74) is 9.88. The lowest BCUT2D eigenvalue weighted by atomic mass is 10.0. The molecule has 1 fully saturated rings. The molecule has 1 atom stereocenters. The Hall–Kier alpha value is -3.60. The molecule has 4 rings (SSSR count). The Labute approximate surface area is 162 Å². The summed E-state index contributed by atoms with van der Waals surface area (Å²) >= 11 is 0. The zero-order chi connectivity index (χ0) is 19.5. The number of nitrogens with two attached hydrogens (primary N) is 1. The number of rotatable bonds is 4. The van der Waals surface area contributed by atoms with E-state index in [2.05, 4.69) is 20.3 Å². The summed E-state index contributed by atoms with van der Waals surface area (Å²) in [4.78, 5) is 26.0. The van der Waals surface area contributed by atoms with Gasteiger partial charge in [-0.25, -0.2) is 4.98 Å². The third-order valence-corrected chi connectivity index (χ3v) is 5.00. The van der Waals surface area contributed by atoms with Crippen LogP contribution in [-0.4, -0.2) is 44.9 Å². The predicted molar refractivity (Wildman–Crippen MR) is 107 cm³/mol. The van der Waals surface area contributed by atoms with Crippen LogP contribution in [0, 0.1) is 11.3 Å². The summed E-state index contributed by atoms with van der Waals surface area (Å²) in [6, 6.07) is 7.57. The molecular weight excluding hydrogens is 354 g/mol. The maximum absolute atomic E-state index is 12.1. The number of carbonyl (C=O) groups is 1. The molecule has 3 aromatic rings. The number of piperidine rings is 1. The summed E-state index contributed by atoms with van der Waals surface area (Å²) in [6.45, 7) is 1.26. The number of nitrogens with zero attached hydrogens (tertiary/aromatic N) is 4. The molecule has 28 heavy (non-hydrogen) atoms. The second kappa shape index (κ2) is 7.56. The smallest absolute Gasteiger partial charge is 0.236 e. The molecule has 0 saturated carbocycles. The number of likely N-dealkylation sites (tertiary alicyclic amines) is 1. The fourth-order valence-corrected chi connectivity index (χ4v) is 3.66. The van der Waals surface area contributed by atoms with Gasteiger partial charge in [0.15, 0.2) is 0 Å². The van der Waals surface area contributed by atoms with Gasteiger partial charge in [0.25, 0.3) is 0 Å². The Morgan fingerprint density at radius 1 is 1.43 bits per heavy atom. The van der Waals surface area contributed by atoms with Gasteiger partial charge in [-0.15, -0.1) is 0 Å². The van der Waals surface area contributed by atoms with Crippen molar-refractivity contribution in [3.8, 4) is 17.3 Å². The van der Waals surface area contributed by atoms with E-state index >= 15 is 0 Å². The van der Waals surface area contributed by atoms with Gasteiger partial charge in [-0.1, -0.05) is 0 Å². The van der Waals surface area contributed by atoms with Gasteiger partial charge in [-0.05, 0) is 31.0 Å². The van der Waals surface area contributed by atoms with E-state index in [-0.39, 0.29) is 18.4 Å². The summed E-state index contributed by atoms with van der Waals surface area (Å²) in [7, 11) is 0. The van der Waals surface area contributed by atoms with Crippen molar-refractivity contribution in [2.75, 3.05) is 24.1 Å². The van der Waals surface area contributed by atoms with E-state index < -0.39 is 0 Å². The molecule has 4 heterocycles. The van der Waals surface area contributed by atoms with Crippen molar-refractivity contribution in [1.29, 1.82) is 5.26 Å². The van der Waals surface area contributed by atoms with Crippen LogP contribution in [0.2, 0.25) is 0 Å². The fraction of sp³-hybridized carbons (Fsp3) is 0.300. The SMILES string of the molecule is N#CCC(=O)N1CCC[C@@H](Nc2c(-c3cc(N)ccn3)cnc3[nH]ccc23)C1. The third kappa shape index (κ3) is 3.47. The molecule has 0 aliphatic carbocycles. The van der Waals surface area contributed by atoms with Crippen LogP contribution in [0.4, 0.5) is 11.4 Å². The maximum atomic E-state index is 12.1. The number of nitriles is 1. The van der Waals surface area contributed by atoms with E-state index in [1.54, 1.807) is 23.4 Å². The first-order chi connectivity index (χ1) is 13.7. The van der Waals surface area contributed by atoms with Crippen LogP contribution in [0.15, 0.2) is 36.8 Å². The first kappa shape index (κ1) is 17.8. The summed E-state index contributed by atoms with van der Waals surface area (Å²) in [5, 5.41) is 13.4. The molecule has 0 radical (unpaired) electrons. The second-order valence-corrected chi connectivity index (χ2v) is 6.92. The minimum absolute atomic E-state index is 0.0803. The third-order valence-electron chi connectivity index (χ3n) is 5.00. The summed E-state index contributed by atoms with van der Waals surface area (Å²) in [5.74, 6) is -0.117. The van der Waals surface area contributed by atoms with E-state index in [1.165, 1.54) is 0 Å². The van der Waals surface area contributed by atoms with Crippen molar-refractivity contribution in [3.63, 3.8) is 0 Å². The Bertz CT molecular complexity index is 1050. The number of hydrogen-bond acceptors (Lipinski definition) is 6. The second-order valence-electron chi connectivity index (χ2n) is 6.92. The van der Waals surface area contributed by atoms with Gasteiger partial charge in [-0.2, -0.15) is 5.26 Å². The number of anilines is 2. The number of hydrogen-bond donors (Lipinski definition) is 3. The first-order valence-electron chi connectivity index (χ1n) is 9.25. The van der Waals surface area contributed by atoms with Gasteiger partial charge in [0, 0.05) is 54.4 Å². The van der Waals surface area contributed by atoms with Crippen LogP contribution in [0.5, 0.6) is 0 Å². The minimum atomic E-state index is -0.117. The highest BCUT2D eigenvalue weighted by Gasteiger charge is 2.25. The molecule has 4 N–H and O–H groups in total. The average Bonchev–Trinajstić information content (AvgIpc) is 3.18. The molecular formula is C20H21N7O. The van der Waals surface area contributed by atoms with Crippen LogP contribution in [0.3, 0.4) is 0 Å². The van der Waals surface area contributed by atoms with E-state index in [1.807, 2.05) is 24.4 Å². The molecule has 3 aromatic heterocycles. The Kier molecular flexibility index (Phi) is 4.81. The van der Waals surface area contributed by atoms with Crippen molar-refractivity contribution in [2.24, 2.45) is 0 Å². The monoisotopic (exact) mass is 375 g/mol. The predicted octanol–water partition coefficient (Wildman–Crippen LogP) is 2.52. The highest BCUT2D eigenvalue weighted by atomic mass is 16.2. The number of aromatic nitrogens is 3. The van der Waals surface area contributed by atoms with E-state index in [0.29, 0.717) is 18.8 Å². The molecule has 0 spiro atoms. The Morgan fingerprint density at radius 3 is 3.14 bits per heavy atom. The molecule has 1 amide bonds. The van der Waals surface area contributed by atoms with Crippen LogP contribution < -0.4 is 11.1 Å². The van der Waals surface area contributed by atoms with Crippen LogP contribution >= 0.6 is 0 Å². The van der Waals surface area contributed by atoms with E-state index in [9.17, 15) is 4.79 Å². The Balaban J connectivity index is 1.68. The van der Waals surface area contributed by atoms with Gasteiger partial charge in [0.2, 0.25) is 5.91 Å². The summed E-state index contributed by atoms with van der Waals surface area (Å²) < 4.78 is 0. The largest absolute Gasteiger partial charge is 0.399 e. The topological polar surface area (TPSA) is 124 Å². The first-order valence-corrected chi connectivity index (χ1v) is 9.25. The standard InChI is InChI=1S/C20H21N7O/c21-6-3-18(28)27-9-1-2-14(12-27)26-19-15-5-8-24-20(15)25-11-16(19)17-10-13(22)4-7-23-17/h4-5,7-8,10-11,14H,1-3,9,12H2,(H2,22,23)(H2,24,25,26)/t14-/m1/s1. The fourth-order valence-electron chi connectivity index (χ4n) is 3.66. The number of nitrogen functional groups attached to an aromatic ring is 1. The molecule has 8 nitrogen and oxygen atoms in total. The minimum Gasteiger partial charge on any atom is -0.399 e. The molecule has 142 valence electrons. The molecule has 8 heteroatoms. The van der Waals surface area contributed by atoms with Crippen molar-refractivity contribution in [3.05, 3.63) is 36.8 Å². The Morgan fingerprint density at radius 2 is 2.32 bits per heavy atom. The lowest BCUT2D eigenvalue weighted by molar-refractivity contribution is -0.131. The number of carbonyl (C=O) groups excluding carboxylic acids is 1. The molecule has 0 aromatic carbocycles. The van der Waals surface area contributed by atoms with E-state index in [0.717, 1.165) is 40.8 Å². The number of nitrogens with one attached hydrogen (secondary N) is 2. The normalized spacial score (nSPS) is 16.7. The molecule has 1 aliphatic rings. The maximum Gasteiger partial charge on any atom is 0.236 e. The van der Waals surface area contributed by atoms with Gasteiger partial charge in [-0.3, -0.25) is 9.78 Å². The van der Waals surface area contributed by atoms with Crippen molar-refractivity contribution < 1.29 is 4.79 Å².